The molecule has 0 radical (unpaired) electrons. The average Bonchev–Trinajstić information content (AvgIpc) is 2.77. The summed E-state index contributed by atoms with van der Waals surface area (Å²) in [7, 11) is 1.08. The second-order valence-corrected chi connectivity index (χ2v) is 5.49. The lowest BCUT2D eigenvalue weighted by Crippen LogP contribution is -2.40. The molecule has 1 aromatic carbocycles. The van der Waals surface area contributed by atoms with Crippen LogP contribution in [0.15, 0.2) is 28.7 Å². The van der Waals surface area contributed by atoms with Gasteiger partial charge in [0.2, 0.25) is 0 Å². The normalized spacial score (nSPS) is 13.0. The number of hydrogen-bond donors (Lipinski definition) is 0. The maximum absolute atomic E-state index is 13.5. The summed E-state index contributed by atoms with van der Waals surface area (Å²) in [6.45, 7) is 3.00. The minimum atomic E-state index is -4.65. The summed E-state index contributed by atoms with van der Waals surface area (Å²) in [5, 5.41) is 0.312. The number of amides is 1. The summed E-state index contributed by atoms with van der Waals surface area (Å²) in [6.07, 6.45) is -4.65. The summed E-state index contributed by atoms with van der Waals surface area (Å²) in [5.41, 5.74) is -0.219. The van der Waals surface area contributed by atoms with Crippen molar-refractivity contribution in [3.05, 3.63) is 52.2 Å². The molecule has 0 saturated heterocycles. The first kappa shape index (κ1) is 17.3. The maximum Gasteiger partial charge on any atom is 0.413 e. The summed E-state index contributed by atoms with van der Waals surface area (Å²) >= 11 is 5.71. The van der Waals surface area contributed by atoms with Gasteiger partial charge in [0.05, 0.1) is 0 Å². The molecule has 8 heteroatoms. The van der Waals surface area contributed by atoms with Crippen molar-refractivity contribution in [3.63, 3.8) is 0 Å². The molecule has 0 saturated carbocycles. The first-order chi connectivity index (χ1) is 10.6. The van der Waals surface area contributed by atoms with Crippen LogP contribution in [0.4, 0.5) is 13.2 Å². The van der Waals surface area contributed by atoms with E-state index in [1.165, 1.54) is 38.1 Å². The van der Waals surface area contributed by atoms with E-state index in [0.717, 1.165) is 7.05 Å². The van der Waals surface area contributed by atoms with Crippen molar-refractivity contribution in [1.29, 1.82) is 0 Å². The molecule has 0 aliphatic carbocycles. The Morgan fingerprint density at radius 1 is 1.26 bits per heavy atom. The zero-order chi connectivity index (χ0) is 17.4. The highest BCUT2D eigenvalue weighted by Gasteiger charge is 2.46. The molecule has 2 rings (SSSR count). The van der Waals surface area contributed by atoms with E-state index < -0.39 is 18.1 Å². The van der Waals surface area contributed by atoms with Gasteiger partial charge in [-0.3, -0.25) is 4.79 Å². The van der Waals surface area contributed by atoms with Crippen LogP contribution in [-0.4, -0.2) is 29.0 Å². The van der Waals surface area contributed by atoms with Crippen LogP contribution in [0.25, 0.3) is 0 Å². The molecular weight excluding hydrogens is 333 g/mol. The Bertz CT molecular complexity index is 711. The lowest BCUT2D eigenvalue weighted by atomic mass is 10.0. The van der Waals surface area contributed by atoms with Crippen LogP contribution in [0.1, 0.15) is 33.7 Å². The molecule has 23 heavy (non-hydrogen) atoms. The Kier molecular flexibility index (Phi) is 4.70. The predicted octanol–water partition coefficient (Wildman–Crippen LogP) is 4.32. The molecule has 0 aliphatic rings. The van der Waals surface area contributed by atoms with Gasteiger partial charge in [0.25, 0.3) is 5.91 Å². The number of carbonyl (C=O) groups excluding carboxylic acids is 1. The van der Waals surface area contributed by atoms with Gasteiger partial charge in [-0.15, -0.1) is 0 Å². The van der Waals surface area contributed by atoms with E-state index in [1.807, 2.05) is 0 Å². The molecule has 0 N–H and O–H groups in total. The molecule has 1 amide bonds. The standard InChI is InChI=1S/C15H14ClF3N2O2/c1-8-12(20-9(2)23-8)14(22)21(3)13(15(17,18)19)10-4-6-11(16)7-5-10/h4-7,13H,1-3H3. The van der Waals surface area contributed by atoms with Crippen molar-refractivity contribution in [2.75, 3.05) is 7.05 Å². The first-order valence-electron chi connectivity index (χ1n) is 6.64. The first-order valence-corrected chi connectivity index (χ1v) is 7.02. The number of aryl methyl sites for hydroxylation is 2. The second kappa shape index (κ2) is 6.23. The fourth-order valence-corrected chi connectivity index (χ4v) is 2.41. The van der Waals surface area contributed by atoms with Gasteiger partial charge in [0, 0.05) is 19.0 Å². The van der Waals surface area contributed by atoms with E-state index in [1.54, 1.807) is 0 Å². The number of aromatic nitrogens is 1. The largest absolute Gasteiger partial charge is 0.445 e. The van der Waals surface area contributed by atoms with Crippen LogP contribution in [0.2, 0.25) is 5.02 Å². The van der Waals surface area contributed by atoms with Crippen LogP contribution in [0.5, 0.6) is 0 Å². The Balaban J connectivity index is 2.41. The molecule has 1 heterocycles. The van der Waals surface area contributed by atoms with Gasteiger partial charge in [0.1, 0.15) is 5.76 Å². The molecule has 1 aromatic heterocycles. The highest BCUT2D eigenvalue weighted by Crippen LogP contribution is 2.38. The fraction of sp³-hybridized carbons (Fsp3) is 0.333. The van der Waals surface area contributed by atoms with E-state index in [4.69, 9.17) is 16.0 Å². The summed E-state index contributed by atoms with van der Waals surface area (Å²) in [6, 6.07) is 3.07. The van der Waals surface area contributed by atoms with E-state index in [-0.39, 0.29) is 22.9 Å². The topological polar surface area (TPSA) is 46.3 Å². The van der Waals surface area contributed by atoms with Crippen LogP contribution >= 0.6 is 11.6 Å². The Labute approximate surface area is 135 Å². The van der Waals surface area contributed by atoms with Gasteiger partial charge in [0.15, 0.2) is 17.6 Å². The van der Waals surface area contributed by atoms with Crippen LogP contribution in [0.3, 0.4) is 0 Å². The van der Waals surface area contributed by atoms with E-state index in [9.17, 15) is 18.0 Å². The Morgan fingerprint density at radius 2 is 1.83 bits per heavy atom. The molecular formula is C15H14ClF3N2O2. The summed E-state index contributed by atoms with van der Waals surface area (Å²) < 4.78 is 45.5. The van der Waals surface area contributed by atoms with Crippen molar-refractivity contribution in [3.8, 4) is 0 Å². The molecule has 0 spiro atoms. The van der Waals surface area contributed by atoms with Crippen LogP contribution < -0.4 is 0 Å². The maximum atomic E-state index is 13.5. The number of alkyl halides is 3. The quantitative estimate of drug-likeness (QED) is 0.831. The third kappa shape index (κ3) is 3.67. The highest BCUT2D eigenvalue weighted by molar-refractivity contribution is 6.30. The molecule has 1 atom stereocenters. The van der Waals surface area contributed by atoms with Gasteiger partial charge < -0.3 is 9.32 Å². The van der Waals surface area contributed by atoms with Crippen LogP contribution in [0, 0.1) is 13.8 Å². The SMILES string of the molecule is Cc1nc(C(=O)N(C)C(c2ccc(Cl)cc2)C(F)(F)F)c(C)o1. The minimum absolute atomic E-state index is 0.0874. The zero-order valence-electron chi connectivity index (χ0n) is 12.6. The van der Waals surface area contributed by atoms with Crippen molar-refractivity contribution >= 4 is 17.5 Å². The molecule has 0 aliphatic heterocycles. The molecule has 2 aromatic rings. The van der Waals surface area contributed by atoms with E-state index in [0.29, 0.717) is 9.92 Å². The third-order valence-corrected chi connectivity index (χ3v) is 3.56. The number of benzene rings is 1. The van der Waals surface area contributed by atoms with E-state index >= 15 is 0 Å². The van der Waals surface area contributed by atoms with Gasteiger partial charge in [-0.2, -0.15) is 13.2 Å². The van der Waals surface area contributed by atoms with Crippen LogP contribution in [-0.2, 0) is 0 Å². The van der Waals surface area contributed by atoms with Gasteiger partial charge >= 0.3 is 6.18 Å². The molecule has 0 fully saturated rings. The Hall–Kier alpha value is -2.02. The van der Waals surface area contributed by atoms with Gasteiger partial charge in [-0.05, 0) is 24.6 Å². The highest BCUT2D eigenvalue weighted by atomic mass is 35.5. The van der Waals surface area contributed by atoms with Crippen molar-refractivity contribution in [2.45, 2.75) is 26.1 Å². The molecule has 124 valence electrons. The molecule has 1 unspecified atom stereocenters. The Morgan fingerprint density at radius 3 is 2.26 bits per heavy atom. The van der Waals surface area contributed by atoms with Gasteiger partial charge in [-0.25, -0.2) is 4.98 Å². The number of carbonyl (C=O) groups is 1. The van der Waals surface area contributed by atoms with Crippen molar-refractivity contribution in [2.24, 2.45) is 0 Å². The monoisotopic (exact) mass is 346 g/mol. The number of rotatable bonds is 3. The smallest absolute Gasteiger partial charge is 0.413 e. The zero-order valence-corrected chi connectivity index (χ0v) is 13.4. The fourth-order valence-electron chi connectivity index (χ4n) is 2.29. The third-order valence-electron chi connectivity index (χ3n) is 3.31. The lowest BCUT2D eigenvalue weighted by molar-refractivity contribution is -0.176. The van der Waals surface area contributed by atoms with Crippen molar-refractivity contribution < 1.29 is 22.4 Å². The average molecular weight is 347 g/mol. The lowest BCUT2D eigenvalue weighted by Gasteiger charge is -2.30. The number of halogens is 4. The van der Waals surface area contributed by atoms with E-state index in [2.05, 4.69) is 4.98 Å². The number of hydrogen-bond acceptors (Lipinski definition) is 3. The minimum Gasteiger partial charge on any atom is -0.445 e. The number of nitrogens with zero attached hydrogens (tertiary/aromatic N) is 2. The van der Waals surface area contributed by atoms with Crippen molar-refractivity contribution in [1.82, 2.24) is 9.88 Å². The second-order valence-electron chi connectivity index (χ2n) is 5.05. The molecule has 4 nitrogen and oxygen atoms in total. The van der Waals surface area contributed by atoms with Gasteiger partial charge in [-0.1, -0.05) is 23.7 Å². The summed E-state index contributed by atoms with van der Waals surface area (Å²) in [5.74, 6) is -0.470. The number of oxazole rings is 1. The predicted molar refractivity (Wildman–Crippen MR) is 78.3 cm³/mol. The molecule has 0 bridgehead atoms. The summed E-state index contributed by atoms with van der Waals surface area (Å²) in [4.78, 5) is 16.8.